The molecule has 4 nitrogen and oxygen atoms in total. The van der Waals surface area contributed by atoms with Crippen LogP contribution in [0.5, 0.6) is 0 Å². The second-order valence-electron chi connectivity index (χ2n) is 7.61. The van der Waals surface area contributed by atoms with Crippen LogP contribution in [0, 0.1) is 5.82 Å². The molecule has 2 heterocycles. The summed E-state index contributed by atoms with van der Waals surface area (Å²) in [6.45, 7) is 7.10. The topological polar surface area (TPSA) is 31.7 Å². The first-order valence-corrected chi connectivity index (χ1v) is 11.2. The summed E-state index contributed by atoms with van der Waals surface area (Å²) in [6, 6.07) is 18.3. The summed E-state index contributed by atoms with van der Waals surface area (Å²) in [4.78, 5) is 13.9. The normalized spacial score (nSPS) is 15.5. The van der Waals surface area contributed by atoms with Crippen molar-refractivity contribution in [3.05, 3.63) is 99.5 Å². The maximum Gasteiger partial charge on any atom is 0.145 e. The van der Waals surface area contributed by atoms with Gasteiger partial charge < -0.3 is 4.90 Å². The Morgan fingerprint density at radius 3 is 2.66 bits per heavy atom. The van der Waals surface area contributed by atoms with Gasteiger partial charge in [-0.05, 0) is 67.7 Å². The minimum atomic E-state index is -0.332. The van der Waals surface area contributed by atoms with Crippen molar-refractivity contribution in [3.8, 4) is 0 Å². The third kappa shape index (κ3) is 5.06. The van der Waals surface area contributed by atoms with Crippen molar-refractivity contribution >= 4 is 29.6 Å². The number of fused-ring (bicyclic) bond motifs is 1. The molecule has 0 saturated heterocycles. The van der Waals surface area contributed by atoms with Gasteiger partial charge in [0, 0.05) is 18.0 Å². The second kappa shape index (κ2) is 10.1. The zero-order chi connectivity index (χ0) is 22.5. The molecule has 1 aliphatic rings. The van der Waals surface area contributed by atoms with Crippen LogP contribution in [0.3, 0.4) is 0 Å². The zero-order valence-electron chi connectivity index (χ0n) is 18.2. The Hall–Kier alpha value is -3.02. The minimum Gasteiger partial charge on any atom is -0.320 e. The largest absolute Gasteiger partial charge is 0.320 e. The van der Waals surface area contributed by atoms with Crippen molar-refractivity contribution in [2.24, 2.45) is 4.99 Å². The molecule has 164 valence electrons. The lowest BCUT2D eigenvalue weighted by molar-refractivity contribution is 0.292. The number of hydrogen-bond acceptors (Lipinski definition) is 4. The van der Waals surface area contributed by atoms with E-state index in [-0.39, 0.29) is 12.0 Å². The van der Waals surface area contributed by atoms with E-state index in [1.54, 1.807) is 6.07 Å². The van der Waals surface area contributed by atoms with Crippen LogP contribution in [0.25, 0.3) is 12.3 Å². The number of benzene rings is 2. The lowest BCUT2D eigenvalue weighted by atomic mass is 10.2. The smallest absolute Gasteiger partial charge is 0.145 e. The Morgan fingerprint density at radius 2 is 1.88 bits per heavy atom. The molecule has 2 aromatic carbocycles. The molecule has 6 heteroatoms. The Balaban J connectivity index is 1.68. The van der Waals surface area contributed by atoms with Crippen LogP contribution in [0.2, 0.25) is 5.02 Å². The number of anilines is 1. The first kappa shape index (κ1) is 22.2. The molecule has 0 spiro atoms. The number of aromatic nitrogens is 1. The molecule has 0 fully saturated rings. The van der Waals surface area contributed by atoms with Gasteiger partial charge in [0.25, 0.3) is 0 Å². The SMILES string of the molecule is CCN(CC)Cc1cccc(C=CC2N=c3ccc(F)cc3=CN2c2ccccc2Cl)n1. The van der Waals surface area contributed by atoms with E-state index >= 15 is 0 Å². The molecule has 32 heavy (non-hydrogen) atoms. The molecule has 1 aliphatic heterocycles. The Bertz CT molecular complexity index is 1240. The van der Waals surface area contributed by atoms with Crippen LogP contribution in [0.1, 0.15) is 25.2 Å². The third-order valence-electron chi connectivity index (χ3n) is 5.50. The number of hydrogen-bond donors (Lipinski definition) is 0. The summed E-state index contributed by atoms with van der Waals surface area (Å²) in [5.74, 6) is -0.294. The number of para-hydroxylation sites is 1. The summed E-state index contributed by atoms with van der Waals surface area (Å²) in [7, 11) is 0. The molecular formula is C26H26ClFN4. The molecule has 1 atom stereocenters. The van der Waals surface area contributed by atoms with Crippen molar-refractivity contribution in [3.63, 3.8) is 0 Å². The van der Waals surface area contributed by atoms with E-state index in [2.05, 4.69) is 24.8 Å². The van der Waals surface area contributed by atoms with Crippen LogP contribution in [0.4, 0.5) is 10.1 Å². The van der Waals surface area contributed by atoms with Gasteiger partial charge in [-0.1, -0.05) is 43.6 Å². The molecule has 0 amide bonds. The van der Waals surface area contributed by atoms with E-state index in [0.29, 0.717) is 10.2 Å². The fourth-order valence-corrected chi connectivity index (χ4v) is 3.96. The van der Waals surface area contributed by atoms with Gasteiger partial charge in [0.1, 0.15) is 12.0 Å². The quantitative estimate of drug-likeness (QED) is 0.528. The Morgan fingerprint density at radius 1 is 1.06 bits per heavy atom. The lowest BCUT2D eigenvalue weighted by Gasteiger charge is -2.28. The predicted molar refractivity (Wildman–Crippen MR) is 129 cm³/mol. The van der Waals surface area contributed by atoms with Crippen molar-refractivity contribution in [1.29, 1.82) is 0 Å². The molecule has 3 aromatic rings. The number of nitrogens with zero attached hydrogens (tertiary/aromatic N) is 4. The minimum absolute atomic E-state index is 0.294. The highest BCUT2D eigenvalue weighted by molar-refractivity contribution is 6.33. The van der Waals surface area contributed by atoms with E-state index < -0.39 is 0 Å². The molecule has 0 aliphatic carbocycles. The molecule has 0 N–H and O–H groups in total. The van der Waals surface area contributed by atoms with Crippen LogP contribution >= 0.6 is 11.6 Å². The molecule has 0 saturated carbocycles. The standard InChI is InChI=1S/C26H26ClFN4/c1-3-31(4-2)18-22-9-7-8-21(29-22)13-15-26-30-24-14-12-20(28)16-19(24)17-32(26)25-11-6-5-10-23(25)27/h5-17,26H,3-4,18H2,1-2H3. The Kier molecular flexibility index (Phi) is 6.98. The fraction of sp³-hybridized carbons (Fsp3) is 0.231. The maximum absolute atomic E-state index is 13.8. The summed E-state index contributed by atoms with van der Waals surface area (Å²) in [5.41, 5.74) is 2.71. The average molecular weight is 449 g/mol. The maximum atomic E-state index is 13.8. The fourth-order valence-electron chi connectivity index (χ4n) is 3.73. The van der Waals surface area contributed by atoms with Gasteiger partial charge in [-0.15, -0.1) is 0 Å². The van der Waals surface area contributed by atoms with E-state index in [9.17, 15) is 4.39 Å². The summed E-state index contributed by atoms with van der Waals surface area (Å²) >= 11 is 6.48. The Labute approximate surface area is 193 Å². The highest BCUT2D eigenvalue weighted by Gasteiger charge is 2.19. The van der Waals surface area contributed by atoms with E-state index in [0.717, 1.165) is 42.1 Å². The van der Waals surface area contributed by atoms with Crippen molar-refractivity contribution in [1.82, 2.24) is 9.88 Å². The van der Waals surface area contributed by atoms with Crippen molar-refractivity contribution < 1.29 is 4.39 Å². The number of rotatable bonds is 7. The summed E-state index contributed by atoms with van der Waals surface area (Å²) in [6.07, 6.45) is 5.54. The van der Waals surface area contributed by atoms with Crippen LogP contribution in [-0.4, -0.2) is 29.1 Å². The van der Waals surface area contributed by atoms with E-state index in [4.69, 9.17) is 21.6 Å². The van der Waals surface area contributed by atoms with Crippen molar-refractivity contribution in [2.45, 2.75) is 26.6 Å². The molecule has 4 rings (SSSR count). The second-order valence-corrected chi connectivity index (χ2v) is 8.02. The zero-order valence-corrected chi connectivity index (χ0v) is 19.0. The van der Waals surface area contributed by atoms with Crippen LogP contribution < -0.4 is 15.5 Å². The van der Waals surface area contributed by atoms with E-state index in [1.165, 1.54) is 12.1 Å². The van der Waals surface area contributed by atoms with Gasteiger partial charge >= 0.3 is 0 Å². The van der Waals surface area contributed by atoms with Gasteiger partial charge in [-0.3, -0.25) is 14.9 Å². The van der Waals surface area contributed by atoms with Crippen LogP contribution in [0.15, 0.2) is 71.7 Å². The number of halogens is 2. The molecule has 0 bridgehead atoms. The third-order valence-corrected chi connectivity index (χ3v) is 5.82. The van der Waals surface area contributed by atoms with Gasteiger partial charge in [0.15, 0.2) is 0 Å². The average Bonchev–Trinajstić information content (AvgIpc) is 2.81. The summed E-state index contributed by atoms with van der Waals surface area (Å²) in [5, 5.41) is 2.07. The molecule has 1 aromatic heterocycles. The first-order chi connectivity index (χ1) is 15.6. The highest BCUT2D eigenvalue weighted by Crippen LogP contribution is 2.28. The van der Waals surface area contributed by atoms with Crippen molar-refractivity contribution in [2.75, 3.05) is 18.0 Å². The highest BCUT2D eigenvalue weighted by atomic mass is 35.5. The van der Waals surface area contributed by atoms with Gasteiger partial charge in [0.2, 0.25) is 0 Å². The van der Waals surface area contributed by atoms with E-state index in [1.807, 2.05) is 59.7 Å². The molecule has 0 radical (unpaired) electrons. The monoisotopic (exact) mass is 448 g/mol. The lowest BCUT2D eigenvalue weighted by Crippen LogP contribution is -2.41. The predicted octanol–water partition coefficient (Wildman–Crippen LogP) is 4.63. The first-order valence-electron chi connectivity index (χ1n) is 10.8. The molecular weight excluding hydrogens is 423 g/mol. The van der Waals surface area contributed by atoms with Gasteiger partial charge in [-0.25, -0.2) is 4.39 Å². The summed E-state index contributed by atoms with van der Waals surface area (Å²) < 4.78 is 13.8. The van der Waals surface area contributed by atoms with Gasteiger partial charge in [0.05, 0.1) is 27.5 Å². The van der Waals surface area contributed by atoms with Crippen LogP contribution in [-0.2, 0) is 6.54 Å². The number of pyridine rings is 1. The van der Waals surface area contributed by atoms with Gasteiger partial charge in [-0.2, -0.15) is 0 Å². The molecule has 1 unspecified atom stereocenters.